The normalized spacial score (nSPS) is 22.1. The minimum Gasteiger partial charge on any atom is -0.450 e. The third-order valence-electron chi connectivity index (χ3n) is 5.36. The molecule has 8 nitrogen and oxygen atoms in total. The highest BCUT2D eigenvalue weighted by Crippen LogP contribution is 2.33. The van der Waals surface area contributed by atoms with Crippen LogP contribution in [0.25, 0.3) is 0 Å². The fourth-order valence-corrected chi connectivity index (χ4v) is 3.54. The largest absolute Gasteiger partial charge is 0.450 e. The zero-order chi connectivity index (χ0) is 21.0. The number of nitrogens with one attached hydrogen (secondary N) is 2. The molecule has 1 aliphatic heterocycles. The van der Waals surface area contributed by atoms with Crippen molar-refractivity contribution in [2.45, 2.75) is 37.8 Å². The molecule has 1 aliphatic carbocycles. The van der Waals surface area contributed by atoms with Crippen LogP contribution >= 0.6 is 0 Å². The Morgan fingerprint density at radius 1 is 1.31 bits per heavy atom. The minimum atomic E-state index is -1.31. The van der Waals surface area contributed by atoms with E-state index in [1.807, 2.05) is 0 Å². The Morgan fingerprint density at radius 2 is 2.00 bits per heavy atom. The van der Waals surface area contributed by atoms with Crippen molar-refractivity contribution in [3.8, 4) is 0 Å². The molecule has 2 fully saturated rings. The van der Waals surface area contributed by atoms with Crippen molar-refractivity contribution in [3.63, 3.8) is 0 Å². The molecule has 2 atom stereocenters. The first-order chi connectivity index (χ1) is 13.8. The van der Waals surface area contributed by atoms with Crippen LogP contribution < -0.4 is 10.6 Å². The number of hydrogen-bond acceptors (Lipinski definition) is 5. The molecule has 0 aromatic heterocycles. The molecule has 0 spiro atoms. The number of ether oxygens (including phenoxy) is 1. The van der Waals surface area contributed by atoms with E-state index in [4.69, 9.17) is 4.74 Å². The summed E-state index contributed by atoms with van der Waals surface area (Å²) < 4.78 is 18.0. The van der Waals surface area contributed by atoms with E-state index in [1.165, 1.54) is 29.2 Å². The number of carbonyl (C=O) groups is 3. The van der Waals surface area contributed by atoms with Crippen LogP contribution in [0.15, 0.2) is 24.3 Å². The predicted molar refractivity (Wildman–Crippen MR) is 101 cm³/mol. The van der Waals surface area contributed by atoms with Crippen molar-refractivity contribution >= 4 is 17.9 Å². The Hall–Kier alpha value is -2.68. The summed E-state index contributed by atoms with van der Waals surface area (Å²) in [4.78, 5) is 37.7. The van der Waals surface area contributed by atoms with Gasteiger partial charge in [0.05, 0.1) is 19.2 Å². The van der Waals surface area contributed by atoms with Gasteiger partial charge in [0.2, 0.25) is 0 Å². The SMILES string of the molecule is CCOC(=O)NC(CNC(=O)C(=O)N1CCC(O)(c2ccc(F)cc2)C1)C1CC1. The number of β-amino-alcohol motifs (C(OH)–C–C–N with tert-alkyl or cyclic N) is 1. The molecule has 3 rings (SSSR count). The van der Waals surface area contributed by atoms with Crippen LogP contribution in [-0.2, 0) is 19.9 Å². The van der Waals surface area contributed by atoms with E-state index in [1.54, 1.807) is 6.92 Å². The van der Waals surface area contributed by atoms with Crippen molar-refractivity contribution in [2.24, 2.45) is 5.92 Å². The molecule has 1 saturated carbocycles. The molecule has 158 valence electrons. The van der Waals surface area contributed by atoms with Gasteiger partial charge in [0, 0.05) is 13.1 Å². The second-order valence-electron chi connectivity index (χ2n) is 7.53. The zero-order valence-corrected chi connectivity index (χ0v) is 16.3. The predicted octanol–water partition coefficient (Wildman–Crippen LogP) is 0.886. The zero-order valence-electron chi connectivity index (χ0n) is 16.3. The monoisotopic (exact) mass is 407 g/mol. The molecule has 1 aromatic rings. The van der Waals surface area contributed by atoms with Gasteiger partial charge in [-0.05, 0) is 49.8 Å². The van der Waals surface area contributed by atoms with Gasteiger partial charge in [-0.2, -0.15) is 0 Å². The van der Waals surface area contributed by atoms with E-state index in [0.29, 0.717) is 5.56 Å². The lowest BCUT2D eigenvalue weighted by atomic mass is 9.93. The second kappa shape index (κ2) is 8.77. The summed E-state index contributed by atoms with van der Waals surface area (Å²) in [6.07, 6.45) is 1.59. The fraction of sp³-hybridized carbons (Fsp3) is 0.550. The molecule has 3 amide bonds. The van der Waals surface area contributed by atoms with E-state index in [0.717, 1.165) is 12.8 Å². The smallest absolute Gasteiger partial charge is 0.407 e. The van der Waals surface area contributed by atoms with Crippen LogP contribution in [0.3, 0.4) is 0 Å². The summed E-state index contributed by atoms with van der Waals surface area (Å²) in [6.45, 7) is 2.25. The molecule has 2 unspecified atom stereocenters. The summed E-state index contributed by atoms with van der Waals surface area (Å²) >= 11 is 0. The molecule has 9 heteroatoms. The van der Waals surface area contributed by atoms with Gasteiger partial charge in [-0.1, -0.05) is 12.1 Å². The quantitative estimate of drug-likeness (QED) is 0.607. The average Bonchev–Trinajstić information content (AvgIpc) is 3.46. The lowest BCUT2D eigenvalue weighted by Crippen LogP contribution is -2.49. The maximum absolute atomic E-state index is 13.1. The lowest BCUT2D eigenvalue weighted by Gasteiger charge is -2.24. The van der Waals surface area contributed by atoms with Crippen LogP contribution in [-0.4, -0.2) is 60.2 Å². The van der Waals surface area contributed by atoms with Crippen molar-refractivity contribution in [1.82, 2.24) is 15.5 Å². The van der Waals surface area contributed by atoms with Crippen LogP contribution in [0.1, 0.15) is 31.7 Å². The van der Waals surface area contributed by atoms with E-state index in [2.05, 4.69) is 10.6 Å². The summed E-state index contributed by atoms with van der Waals surface area (Å²) in [7, 11) is 0. The number of rotatable bonds is 6. The summed E-state index contributed by atoms with van der Waals surface area (Å²) in [5.41, 5.74) is -0.812. The van der Waals surface area contributed by atoms with E-state index in [9.17, 15) is 23.9 Å². The van der Waals surface area contributed by atoms with Gasteiger partial charge in [-0.3, -0.25) is 9.59 Å². The number of alkyl carbamates (subject to hydrolysis) is 1. The van der Waals surface area contributed by atoms with Crippen LogP contribution in [0.2, 0.25) is 0 Å². The standard InChI is InChI=1S/C20H26FN3O5/c1-2-29-19(27)23-16(13-3-4-13)11-22-17(25)18(26)24-10-9-20(28,12-24)14-5-7-15(21)8-6-14/h5-8,13,16,28H,2-4,9-12H2,1H3,(H,22,25)(H,23,27). The number of carbonyl (C=O) groups excluding carboxylic acids is 3. The van der Waals surface area contributed by atoms with Gasteiger partial charge in [-0.25, -0.2) is 9.18 Å². The number of likely N-dealkylation sites (tertiary alicyclic amines) is 1. The number of benzene rings is 1. The van der Waals surface area contributed by atoms with Gasteiger partial charge in [-0.15, -0.1) is 0 Å². The van der Waals surface area contributed by atoms with Crippen molar-refractivity contribution < 1.29 is 28.6 Å². The van der Waals surface area contributed by atoms with Gasteiger partial charge >= 0.3 is 17.9 Å². The van der Waals surface area contributed by atoms with Crippen molar-refractivity contribution in [2.75, 3.05) is 26.2 Å². The van der Waals surface area contributed by atoms with E-state index in [-0.39, 0.29) is 44.6 Å². The van der Waals surface area contributed by atoms with Crippen molar-refractivity contribution in [3.05, 3.63) is 35.6 Å². The molecule has 0 bridgehead atoms. The third kappa shape index (κ3) is 5.23. The number of nitrogens with zero attached hydrogens (tertiary/aromatic N) is 1. The Labute approximate surface area is 168 Å². The number of aliphatic hydroxyl groups is 1. The van der Waals surface area contributed by atoms with E-state index < -0.39 is 29.3 Å². The maximum Gasteiger partial charge on any atom is 0.407 e. The summed E-state index contributed by atoms with van der Waals surface area (Å²) in [6, 6.07) is 5.16. The Bertz CT molecular complexity index is 768. The Morgan fingerprint density at radius 3 is 2.62 bits per heavy atom. The first-order valence-corrected chi connectivity index (χ1v) is 9.81. The summed E-state index contributed by atoms with van der Waals surface area (Å²) in [5.74, 6) is -1.69. The molecule has 1 heterocycles. The van der Waals surface area contributed by atoms with Gasteiger partial charge in [0.15, 0.2) is 0 Å². The summed E-state index contributed by atoms with van der Waals surface area (Å²) in [5, 5.41) is 16.1. The molecular weight excluding hydrogens is 381 g/mol. The minimum absolute atomic E-state index is 0.0436. The van der Waals surface area contributed by atoms with E-state index >= 15 is 0 Å². The van der Waals surface area contributed by atoms with Crippen LogP contribution in [0.4, 0.5) is 9.18 Å². The molecule has 0 radical (unpaired) electrons. The molecule has 2 aliphatic rings. The maximum atomic E-state index is 13.1. The topological polar surface area (TPSA) is 108 Å². The number of amides is 3. The third-order valence-corrected chi connectivity index (χ3v) is 5.36. The molecule has 1 aromatic carbocycles. The Balaban J connectivity index is 1.53. The highest BCUT2D eigenvalue weighted by atomic mass is 19.1. The highest BCUT2D eigenvalue weighted by molar-refractivity contribution is 6.35. The van der Waals surface area contributed by atoms with Crippen LogP contribution in [0.5, 0.6) is 0 Å². The first-order valence-electron chi connectivity index (χ1n) is 9.81. The highest BCUT2D eigenvalue weighted by Gasteiger charge is 2.41. The Kier molecular flexibility index (Phi) is 6.36. The van der Waals surface area contributed by atoms with Crippen molar-refractivity contribution in [1.29, 1.82) is 0 Å². The number of hydrogen-bond donors (Lipinski definition) is 3. The first kappa shape index (κ1) is 21.0. The van der Waals surface area contributed by atoms with Gasteiger partial charge < -0.3 is 25.4 Å². The number of halogens is 1. The second-order valence-corrected chi connectivity index (χ2v) is 7.53. The lowest BCUT2D eigenvalue weighted by molar-refractivity contribution is -0.145. The fourth-order valence-electron chi connectivity index (χ4n) is 3.54. The molecule has 3 N–H and O–H groups in total. The molecule has 1 saturated heterocycles. The van der Waals surface area contributed by atoms with Gasteiger partial charge in [0.1, 0.15) is 11.4 Å². The average molecular weight is 407 g/mol. The molecule has 29 heavy (non-hydrogen) atoms. The molecular formula is C20H26FN3O5. The van der Waals surface area contributed by atoms with Gasteiger partial charge in [0.25, 0.3) is 0 Å². The van der Waals surface area contributed by atoms with Crippen LogP contribution in [0, 0.1) is 11.7 Å².